The van der Waals surface area contributed by atoms with E-state index in [1.54, 1.807) is 48.2 Å². The maximum absolute atomic E-state index is 12.7. The van der Waals surface area contributed by atoms with Gasteiger partial charge in [0.1, 0.15) is 17.4 Å². The average Bonchev–Trinajstić information content (AvgIpc) is 1.62. The number of sulfonamides is 2. The van der Waals surface area contributed by atoms with Gasteiger partial charge in [-0.2, -0.15) is 0 Å². The number of unbranched alkanes of at least 4 members (excludes halogenated alkanes) is 31. The highest BCUT2D eigenvalue weighted by molar-refractivity contribution is 7.93. The van der Waals surface area contributed by atoms with Gasteiger partial charge >= 0.3 is 5.97 Å². The monoisotopic (exact) mass is 2100 g/mol. The normalized spacial score (nSPS) is 15.2. The summed E-state index contributed by atoms with van der Waals surface area (Å²) >= 11 is 0. The van der Waals surface area contributed by atoms with Gasteiger partial charge in [0.25, 0.3) is 0 Å². The molecule has 0 aliphatic carbocycles. The van der Waals surface area contributed by atoms with E-state index in [0.29, 0.717) is 82.2 Å². The van der Waals surface area contributed by atoms with E-state index in [9.17, 15) is 56.5 Å². The number of esters is 1. The lowest BCUT2D eigenvalue weighted by Crippen LogP contribution is -2.40. The van der Waals surface area contributed by atoms with Crippen molar-refractivity contribution in [3.63, 3.8) is 0 Å². The quantitative estimate of drug-likeness (QED) is 0.0195. The summed E-state index contributed by atoms with van der Waals surface area (Å²) in [4.78, 5) is 49.4. The van der Waals surface area contributed by atoms with Crippen LogP contribution in [0.4, 0.5) is 45.5 Å². The average molecular weight is 2100 g/mol. The van der Waals surface area contributed by atoms with Gasteiger partial charge in [-0.05, 0) is 179 Å². The van der Waals surface area contributed by atoms with Crippen molar-refractivity contribution >= 4 is 113 Å². The Morgan fingerprint density at radius 1 is 0.372 bits per heavy atom. The number of anilines is 8. The molecule has 7 aromatic rings. The van der Waals surface area contributed by atoms with Crippen LogP contribution in [-0.2, 0) is 63.9 Å². The minimum atomic E-state index is -3.39. The standard InChI is InChI=1S/C36H64N2O2.C24H44N2O4S2.C18H29NO3S.C16H14O2.C12H18N2O2S.C11H15NO2S/c1-5-7-9-11-13-15-17-19-21-23-25-27-35(39)37(3)33-29-31-34(32-30-33)38(4)36(40)28-26-24-22-20-18-16-14-12-10-8-6-2;1-5-7-9-11-13-15-21-31(27,28)25(3)23-17-19-24(20-18-23)26(4)32(29,30)22-16-14-12-10-8-6-2;1-3-5-6-16(4-2)15-22-18-9-7-17(8-10-18)19-11-13-23(20,21)14-12-19;1-10-8-11(2)15-13(9-10)14(16(17)18-15)12-6-4-3-5-7-12;1-13(2)11-3-5-12(6-4-11)14-7-9-17(15,16)10-8-14;1-10-2-4-11(5-3-10)12-6-8-15(13,14)9-7-12/h29-32H,5-28H2,1-4H3;17-20H,5-16,21-22H2,1-4H3;7-10,16H,3-6,11-15H2,1-2H3;3-9,14H,1-2H3;3-6H,7-10H2,1-2H3;2-5H,6-9H2,1H3. The van der Waals surface area contributed by atoms with E-state index in [2.05, 4.69) is 80.5 Å². The second-order valence-corrected chi connectivity index (χ2v) is 51.4. The van der Waals surface area contributed by atoms with Crippen molar-refractivity contribution in [2.75, 3.05) is 172 Å². The minimum Gasteiger partial charge on any atom is -0.493 e. The molecule has 2 amide bonds. The van der Waals surface area contributed by atoms with E-state index in [1.807, 2.05) is 169 Å². The van der Waals surface area contributed by atoms with Gasteiger partial charge in [-0.15, -0.1) is 0 Å². The first-order valence-corrected chi connectivity index (χ1v) is 63.6. The number of benzene rings is 7. The molecule has 0 saturated carbocycles. The second-order valence-electron chi connectivity index (χ2n) is 40.3. The van der Waals surface area contributed by atoms with Gasteiger partial charge in [0.15, 0.2) is 29.5 Å². The zero-order valence-electron chi connectivity index (χ0n) is 91.4. The molecule has 7 aromatic carbocycles. The van der Waals surface area contributed by atoms with Crippen molar-refractivity contribution in [2.24, 2.45) is 5.92 Å². The SMILES string of the molecule is CCCCC(CC)COc1ccc(N2CCS(=O)(=O)CC2)cc1.CCCCCCCCCCCCCC(=O)N(C)c1ccc(N(C)C(=O)CCCCCCCCCCCCC)cc1.CCCCCCCCS(=O)(=O)N(C)c1ccc(N(C)S(=O)(=O)CCCCCCCC)cc1.CN(C)c1ccc(N2CCS(=O)(=O)CC2)cc1.Cc1cc(C)c2c(c1)C(c1ccccc1)C(=O)O2.Cc1ccc(N2CCS(=O)(=O)CC2)cc1. The minimum absolute atomic E-state index is 0.129. The molecule has 4 aliphatic rings. The largest absolute Gasteiger partial charge is 0.493 e. The van der Waals surface area contributed by atoms with Gasteiger partial charge in [0.05, 0.1) is 64.0 Å². The van der Waals surface area contributed by atoms with Gasteiger partial charge in [-0.1, -0.05) is 319 Å². The van der Waals surface area contributed by atoms with Crippen molar-refractivity contribution in [2.45, 2.75) is 325 Å². The Labute approximate surface area is 878 Å². The van der Waals surface area contributed by atoms with Crippen molar-refractivity contribution in [1.29, 1.82) is 0 Å². The molecule has 4 heterocycles. The van der Waals surface area contributed by atoms with E-state index in [1.165, 1.54) is 175 Å². The van der Waals surface area contributed by atoms with Gasteiger partial charge in [-0.3, -0.25) is 23.0 Å². The first kappa shape index (κ1) is 125. The Hall–Kier alpha value is -8.70. The summed E-state index contributed by atoms with van der Waals surface area (Å²) in [6.07, 6.45) is 46.8. The summed E-state index contributed by atoms with van der Waals surface area (Å²) in [5.74, 6) is 4.00. The van der Waals surface area contributed by atoms with Gasteiger partial charge in [0, 0.05) is 134 Å². The molecule has 145 heavy (non-hydrogen) atoms. The lowest BCUT2D eigenvalue weighted by Gasteiger charge is -2.29. The van der Waals surface area contributed by atoms with E-state index < -0.39 is 49.6 Å². The van der Waals surface area contributed by atoms with Crippen LogP contribution in [0.3, 0.4) is 0 Å². The molecule has 0 radical (unpaired) electrons. The number of nitrogens with zero attached hydrogens (tertiary/aromatic N) is 8. The molecule has 23 nitrogen and oxygen atoms in total. The van der Waals surface area contributed by atoms with Crippen LogP contribution in [-0.4, -0.2) is 194 Å². The molecular formula is C117H184N8O15S5. The number of sulfone groups is 3. The van der Waals surface area contributed by atoms with Crippen LogP contribution in [0.5, 0.6) is 11.5 Å². The fourth-order valence-corrected chi connectivity index (χ4v) is 24.3. The summed E-state index contributed by atoms with van der Waals surface area (Å²) in [7, 11) is -4.34. The number of aryl methyl sites for hydroxylation is 3. The first-order chi connectivity index (χ1) is 69.4. The van der Waals surface area contributed by atoms with Gasteiger partial charge in [0.2, 0.25) is 31.9 Å². The number of ether oxygens (including phenoxy) is 2. The van der Waals surface area contributed by atoms with Crippen molar-refractivity contribution in [3.8, 4) is 11.5 Å². The highest BCUT2D eigenvalue weighted by Crippen LogP contribution is 2.42. The summed E-state index contributed by atoms with van der Waals surface area (Å²) < 4.78 is 133. The number of hydrogen-bond donors (Lipinski definition) is 0. The molecule has 0 bridgehead atoms. The van der Waals surface area contributed by atoms with Crippen molar-refractivity contribution in [1.82, 2.24) is 0 Å². The lowest BCUT2D eigenvalue weighted by molar-refractivity contribution is -0.133. The number of fused-ring (bicyclic) bond motifs is 1. The Morgan fingerprint density at radius 2 is 0.683 bits per heavy atom. The Bertz CT molecular complexity index is 5230. The van der Waals surface area contributed by atoms with Crippen molar-refractivity contribution in [3.05, 3.63) is 192 Å². The maximum Gasteiger partial charge on any atom is 0.323 e. The summed E-state index contributed by atoms with van der Waals surface area (Å²) in [6, 6.07) is 52.8. The van der Waals surface area contributed by atoms with Crippen LogP contribution in [0, 0.1) is 26.7 Å². The van der Waals surface area contributed by atoms with E-state index >= 15 is 0 Å². The van der Waals surface area contributed by atoms with Crippen LogP contribution >= 0.6 is 0 Å². The number of amides is 2. The third-order valence-electron chi connectivity index (χ3n) is 28.0. The zero-order valence-corrected chi connectivity index (χ0v) is 95.5. The van der Waals surface area contributed by atoms with E-state index in [4.69, 9.17) is 9.47 Å². The smallest absolute Gasteiger partial charge is 0.323 e. The van der Waals surface area contributed by atoms with Crippen LogP contribution in [0.1, 0.15) is 332 Å². The highest BCUT2D eigenvalue weighted by atomic mass is 32.2. The molecule has 4 aliphatic heterocycles. The van der Waals surface area contributed by atoms with Crippen LogP contribution < -0.4 is 47.5 Å². The van der Waals surface area contributed by atoms with Crippen LogP contribution in [0.15, 0.2) is 164 Å². The van der Waals surface area contributed by atoms with Gasteiger partial charge in [-0.25, -0.2) is 42.1 Å². The van der Waals surface area contributed by atoms with Crippen LogP contribution in [0.25, 0.3) is 0 Å². The fraction of sp³-hybridized carbons (Fsp3) is 0.615. The third kappa shape index (κ3) is 47.8. The second kappa shape index (κ2) is 68.1. The Kier molecular flexibility index (Phi) is 58.7. The predicted molar refractivity (Wildman–Crippen MR) is 613 cm³/mol. The number of rotatable bonds is 56. The fourth-order valence-electron chi connectivity index (χ4n) is 18.1. The predicted octanol–water partition coefficient (Wildman–Crippen LogP) is 26.0. The molecular weight excluding hydrogens is 1920 g/mol. The Morgan fingerprint density at radius 3 is 1.02 bits per heavy atom. The molecule has 2 unspecified atom stereocenters. The summed E-state index contributed by atoms with van der Waals surface area (Å²) in [5.41, 5.74) is 12.7. The Balaban J connectivity index is 0.000000275. The lowest BCUT2D eigenvalue weighted by atomic mass is 9.90. The maximum atomic E-state index is 12.7. The summed E-state index contributed by atoms with van der Waals surface area (Å²) in [6.45, 7) is 23.7. The third-order valence-corrected chi connectivity index (χ3v) is 36.5. The van der Waals surface area contributed by atoms with E-state index in [-0.39, 0.29) is 69.7 Å². The first-order valence-electron chi connectivity index (χ1n) is 54.9. The molecule has 3 saturated heterocycles. The molecule has 28 heteroatoms. The molecule has 0 spiro atoms. The van der Waals surface area contributed by atoms with Crippen LogP contribution in [0.2, 0.25) is 0 Å². The molecule has 0 aromatic heterocycles. The molecule has 11 rings (SSSR count). The molecule has 812 valence electrons. The molecule has 3 fully saturated rings. The topological polar surface area (TPSA) is 266 Å². The molecule has 0 N–H and O–H groups in total. The zero-order chi connectivity index (χ0) is 106. The van der Waals surface area contributed by atoms with Crippen molar-refractivity contribution < 1.29 is 65.9 Å². The number of carbonyl (C=O) groups is 3. The number of hydrogen-bond acceptors (Lipinski definition) is 19. The van der Waals surface area contributed by atoms with Gasteiger partial charge < -0.3 is 38.9 Å². The van der Waals surface area contributed by atoms with E-state index in [0.717, 1.165) is 145 Å². The highest BCUT2D eigenvalue weighted by Gasteiger charge is 2.36. The summed E-state index contributed by atoms with van der Waals surface area (Å²) in [5, 5.41) is 0. The number of carbonyl (C=O) groups excluding carboxylic acids is 3. The molecule has 2 atom stereocenters.